The Hall–Kier alpha value is -1.48. The first kappa shape index (κ1) is 11.0. The average Bonchev–Trinajstić information content (AvgIpc) is 2.30. The zero-order chi connectivity index (χ0) is 11.2. The van der Waals surface area contributed by atoms with E-state index in [4.69, 9.17) is 5.73 Å². The number of nitrogens with two attached hydrogens (primary N) is 1. The maximum atomic E-state index is 5.72. The maximum Gasteiger partial charge on any atom is 0.0411 e. The first-order valence-corrected chi connectivity index (χ1v) is 6.21. The molecule has 0 saturated heterocycles. The fourth-order valence-corrected chi connectivity index (χ4v) is 2.36. The van der Waals surface area contributed by atoms with Gasteiger partial charge in [0.25, 0.3) is 0 Å². The summed E-state index contributed by atoms with van der Waals surface area (Å²) in [7, 11) is 0. The lowest BCUT2D eigenvalue weighted by Crippen LogP contribution is -1.91. The van der Waals surface area contributed by atoms with Crippen molar-refractivity contribution in [3.8, 4) is 0 Å². The number of nitrogens with zero attached hydrogens (tertiary/aromatic N) is 1. The monoisotopic (exact) mass is 230 g/mol. The Labute approximate surface area is 99.9 Å². The van der Waals surface area contributed by atoms with Crippen molar-refractivity contribution in [2.75, 3.05) is 11.5 Å². The van der Waals surface area contributed by atoms with E-state index in [2.05, 4.69) is 17.1 Å². The maximum absolute atomic E-state index is 5.72. The minimum atomic E-state index is 0.822. The van der Waals surface area contributed by atoms with Gasteiger partial charge in [-0.15, -0.1) is 11.8 Å². The second-order valence-corrected chi connectivity index (χ2v) is 4.66. The molecule has 1 aromatic carbocycles. The molecule has 0 unspecified atom stereocenters. The minimum Gasteiger partial charge on any atom is -0.399 e. The van der Waals surface area contributed by atoms with Gasteiger partial charge in [-0.1, -0.05) is 12.1 Å². The second-order valence-electron chi connectivity index (χ2n) is 3.49. The van der Waals surface area contributed by atoms with Gasteiger partial charge in [-0.2, -0.15) is 0 Å². The number of aromatic nitrogens is 1. The van der Waals surface area contributed by atoms with E-state index in [1.54, 1.807) is 0 Å². The van der Waals surface area contributed by atoms with E-state index < -0.39 is 0 Å². The van der Waals surface area contributed by atoms with Gasteiger partial charge in [-0.25, -0.2) is 0 Å². The summed E-state index contributed by atoms with van der Waals surface area (Å²) in [5.41, 5.74) is 7.68. The Kier molecular flexibility index (Phi) is 3.83. The van der Waals surface area contributed by atoms with Crippen LogP contribution in [0, 0.1) is 0 Å². The van der Waals surface area contributed by atoms with Gasteiger partial charge >= 0.3 is 0 Å². The van der Waals surface area contributed by atoms with Gasteiger partial charge in [0.1, 0.15) is 0 Å². The highest BCUT2D eigenvalue weighted by atomic mass is 32.2. The molecule has 0 atom stereocenters. The smallest absolute Gasteiger partial charge is 0.0411 e. The molecular formula is C13H14N2S. The van der Waals surface area contributed by atoms with Crippen LogP contribution < -0.4 is 5.73 Å². The number of anilines is 1. The normalized spacial score (nSPS) is 10.2. The van der Waals surface area contributed by atoms with E-state index in [0.717, 1.165) is 23.6 Å². The summed E-state index contributed by atoms with van der Waals surface area (Å²) in [5, 5.41) is 0. The molecule has 0 amide bonds. The van der Waals surface area contributed by atoms with Gasteiger partial charge in [0.2, 0.25) is 0 Å². The molecule has 1 heterocycles. The quantitative estimate of drug-likeness (QED) is 0.648. The van der Waals surface area contributed by atoms with Gasteiger partial charge < -0.3 is 5.73 Å². The third-order valence-corrected chi connectivity index (χ3v) is 3.21. The molecule has 0 spiro atoms. The summed E-state index contributed by atoms with van der Waals surface area (Å²) in [4.78, 5) is 5.51. The van der Waals surface area contributed by atoms with Crippen LogP contribution >= 0.6 is 11.8 Å². The fraction of sp³-hybridized carbons (Fsp3) is 0.154. The number of rotatable bonds is 4. The molecule has 0 fully saturated rings. The largest absolute Gasteiger partial charge is 0.399 e. The summed E-state index contributed by atoms with van der Waals surface area (Å²) in [5.74, 6) is 1.03. The summed E-state index contributed by atoms with van der Waals surface area (Å²) in [6.45, 7) is 0. The summed E-state index contributed by atoms with van der Waals surface area (Å²) in [6, 6.07) is 14.0. The molecule has 16 heavy (non-hydrogen) atoms. The number of pyridine rings is 1. The van der Waals surface area contributed by atoms with Crippen LogP contribution in [0.2, 0.25) is 0 Å². The van der Waals surface area contributed by atoms with E-state index in [1.165, 1.54) is 4.90 Å². The molecular weight excluding hydrogens is 216 g/mol. The predicted molar refractivity (Wildman–Crippen MR) is 69.5 cm³/mol. The number of thioether (sulfide) groups is 1. The Bertz CT molecular complexity index is 443. The SMILES string of the molecule is Nc1cccc(SCCc2ccccn2)c1. The molecule has 82 valence electrons. The summed E-state index contributed by atoms with van der Waals surface area (Å²) in [6.07, 6.45) is 2.82. The molecule has 0 aliphatic heterocycles. The third-order valence-electron chi connectivity index (χ3n) is 2.21. The summed E-state index contributed by atoms with van der Waals surface area (Å²) < 4.78 is 0. The van der Waals surface area contributed by atoms with Gasteiger partial charge in [0.05, 0.1) is 0 Å². The molecule has 2 aromatic rings. The van der Waals surface area contributed by atoms with Crippen molar-refractivity contribution in [2.45, 2.75) is 11.3 Å². The lowest BCUT2D eigenvalue weighted by molar-refractivity contribution is 1.05. The van der Waals surface area contributed by atoms with Crippen LogP contribution in [0.5, 0.6) is 0 Å². The number of hydrogen-bond acceptors (Lipinski definition) is 3. The van der Waals surface area contributed by atoms with Crippen molar-refractivity contribution in [3.63, 3.8) is 0 Å². The molecule has 2 nitrogen and oxygen atoms in total. The number of benzene rings is 1. The van der Waals surface area contributed by atoms with Gasteiger partial charge in [0.15, 0.2) is 0 Å². The number of nitrogen functional groups attached to an aromatic ring is 1. The molecule has 0 aliphatic carbocycles. The highest BCUT2D eigenvalue weighted by Crippen LogP contribution is 2.20. The lowest BCUT2D eigenvalue weighted by atomic mass is 10.3. The van der Waals surface area contributed by atoms with Crippen molar-refractivity contribution < 1.29 is 0 Å². The molecule has 2 N–H and O–H groups in total. The van der Waals surface area contributed by atoms with E-state index in [1.807, 2.05) is 48.3 Å². The van der Waals surface area contributed by atoms with E-state index in [-0.39, 0.29) is 0 Å². The van der Waals surface area contributed by atoms with E-state index in [9.17, 15) is 0 Å². The van der Waals surface area contributed by atoms with Crippen LogP contribution in [0.4, 0.5) is 5.69 Å². The molecule has 2 rings (SSSR count). The van der Waals surface area contributed by atoms with Crippen LogP contribution in [0.3, 0.4) is 0 Å². The van der Waals surface area contributed by atoms with E-state index >= 15 is 0 Å². The van der Waals surface area contributed by atoms with Crippen LogP contribution in [-0.2, 0) is 6.42 Å². The van der Waals surface area contributed by atoms with Crippen molar-refractivity contribution in [1.82, 2.24) is 4.98 Å². The van der Waals surface area contributed by atoms with Crippen molar-refractivity contribution >= 4 is 17.4 Å². The third kappa shape index (κ3) is 3.28. The predicted octanol–water partition coefficient (Wildman–Crippen LogP) is 3.00. The van der Waals surface area contributed by atoms with Crippen molar-refractivity contribution in [2.24, 2.45) is 0 Å². The Morgan fingerprint density at radius 3 is 2.81 bits per heavy atom. The van der Waals surface area contributed by atoms with Crippen LogP contribution in [-0.4, -0.2) is 10.7 Å². The van der Waals surface area contributed by atoms with E-state index in [0.29, 0.717) is 0 Å². The Morgan fingerprint density at radius 1 is 1.12 bits per heavy atom. The highest BCUT2D eigenvalue weighted by Gasteiger charge is 1.96. The van der Waals surface area contributed by atoms with Gasteiger partial charge in [-0.05, 0) is 36.8 Å². The van der Waals surface area contributed by atoms with Crippen LogP contribution in [0.15, 0.2) is 53.6 Å². The molecule has 3 heteroatoms. The molecule has 0 bridgehead atoms. The Morgan fingerprint density at radius 2 is 2.06 bits per heavy atom. The minimum absolute atomic E-state index is 0.822. The number of hydrogen-bond donors (Lipinski definition) is 1. The zero-order valence-electron chi connectivity index (χ0n) is 8.97. The standard InChI is InChI=1S/C13H14N2S/c14-11-4-3-6-13(10-11)16-9-7-12-5-1-2-8-15-12/h1-6,8,10H,7,9,14H2. The van der Waals surface area contributed by atoms with Crippen molar-refractivity contribution in [3.05, 3.63) is 54.4 Å². The topological polar surface area (TPSA) is 38.9 Å². The van der Waals surface area contributed by atoms with Gasteiger partial charge in [0, 0.05) is 28.2 Å². The molecule has 1 aromatic heterocycles. The first-order valence-electron chi connectivity index (χ1n) is 5.23. The van der Waals surface area contributed by atoms with Gasteiger partial charge in [-0.3, -0.25) is 4.98 Å². The first-order chi connectivity index (χ1) is 7.84. The number of aryl methyl sites for hydroxylation is 1. The van der Waals surface area contributed by atoms with Crippen molar-refractivity contribution in [1.29, 1.82) is 0 Å². The molecule has 0 aliphatic rings. The highest BCUT2D eigenvalue weighted by molar-refractivity contribution is 7.99. The van der Waals surface area contributed by atoms with Crippen LogP contribution in [0.1, 0.15) is 5.69 Å². The average molecular weight is 230 g/mol. The second kappa shape index (κ2) is 5.56. The zero-order valence-corrected chi connectivity index (χ0v) is 9.78. The Balaban J connectivity index is 1.85. The molecule has 0 saturated carbocycles. The summed E-state index contributed by atoms with van der Waals surface area (Å²) >= 11 is 1.81. The lowest BCUT2D eigenvalue weighted by Gasteiger charge is -2.02. The molecule has 0 radical (unpaired) electrons. The fourth-order valence-electron chi connectivity index (χ4n) is 1.42. The van der Waals surface area contributed by atoms with Crippen LogP contribution in [0.25, 0.3) is 0 Å².